The highest BCUT2D eigenvalue weighted by Crippen LogP contribution is 2.30. The Bertz CT molecular complexity index is 228. The normalized spacial score (nSPS) is 23.2. The number of rotatable bonds is 2. The molecular weight excluding hydrogens is 164 g/mol. The second-order valence-corrected chi connectivity index (χ2v) is 3.66. The van der Waals surface area contributed by atoms with Gasteiger partial charge in [-0.15, -0.1) is 0 Å². The summed E-state index contributed by atoms with van der Waals surface area (Å²) in [6.07, 6.45) is 3.22. The molecule has 1 unspecified atom stereocenters. The number of allylic oxidation sites excluding steroid dienone is 1. The zero-order valence-corrected chi connectivity index (χ0v) is 8.72. The van der Waals surface area contributed by atoms with Gasteiger partial charge in [0.25, 0.3) is 0 Å². The highest BCUT2D eigenvalue weighted by molar-refractivity contribution is 5.76. The van der Waals surface area contributed by atoms with E-state index in [-0.39, 0.29) is 11.9 Å². The van der Waals surface area contributed by atoms with Gasteiger partial charge in [-0.1, -0.05) is 11.1 Å². The first kappa shape index (κ1) is 10.3. The van der Waals surface area contributed by atoms with Crippen LogP contribution < -0.4 is 0 Å². The summed E-state index contributed by atoms with van der Waals surface area (Å²) in [6, 6.07) is 0. The molecule has 13 heavy (non-hydrogen) atoms. The van der Waals surface area contributed by atoms with Gasteiger partial charge in [0.2, 0.25) is 0 Å². The zero-order valence-electron chi connectivity index (χ0n) is 8.72. The van der Waals surface area contributed by atoms with Crippen molar-refractivity contribution in [3.63, 3.8) is 0 Å². The minimum absolute atomic E-state index is 0.0358. The Morgan fingerprint density at radius 3 is 2.85 bits per heavy atom. The maximum Gasteiger partial charge on any atom is 0.313 e. The molecule has 0 radical (unpaired) electrons. The quantitative estimate of drug-likeness (QED) is 0.485. The predicted molar refractivity (Wildman–Crippen MR) is 52.3 cm³/mol. The Morgan fingerprint density at radius 1 is 1.54 bits per heavy atom. The number of ether oxygens (including phenoxy) is 1. The molecule has 0 amide bonds. The third-order valence-electron chi connectivity index (χ3n) is 2.81. The van der Waals surface area contributed by atoms with Crippen LogP contribution in [0.5, 0.6) is 0 Å². The van der Waals surface area contributed by atoms with Gasteiger partial charge < -0.3 is 4.74 Å². The van der Waals surface area contributed by atoms with E-state index in [1.54, 1.807) is 0 Å². The molecule has 0 aromatic carbocycles. The van der Waals surface area contributed by atoms with E-state index in [0.29, 0.717) is 6.61 Å². The molecule has 74 valence electrons. The van der Waals surface area contributed by atoms with Crippen molar-refractivity contribution in [1.29, 1.82) is 0 Å². The summed E-state index contributed by atoms with van der Waals surface area (Å²) in [6.45, 7) is 6.51. The maximum absolute atomic E-state index is 11.5. The largest absolute Gasteiger partial charge is 0.466 e. The van der Waals surface area contributed by atoms with Gasteiger partial charge in [-0.05, 0) is 40.0 Å². The van der Waals surface area contributed by atoms with Crippen LogP contribution in [0.15, 0.2) is 11.1 Å². The van der Waals surface area contributed by atoms with Crippen LogP contribution in [0.3, 0.4) is 0 Å². The van der Waals surface area contributed by atoms with Crippen molar-refractivity contribution in [1.82, 2.24) is 0 Å². The predicted octanol–water partition coefficient (Wildman–Crippen LogP) is 2.69. The molecule has 1 atom stereocenters. The van der Waals surface area contributed by atoms with E-state index in [1.165, 1.54) is 11.1 Å². The van der Waals surface area contributed by atoms with E-state index in [2.05, 4.69) is 13.8 Å². The number of carbonyl (C=O) groups is 1. The summed E-state index contributed by atoms with van der Waals surface area (Å²) in [7, 11) is 0. The van der Waals surface area contributed by atoms with Gasteiger partial charge in [-0.2, -0.15) is 0 Å². The summed E-state index contributed by atoms with van der Waals surface area (Å²) >= 11 is 0. The molecule has 0 bridgehead atoms. The first-order chi connectivity index (χ1) is 6.16. The van der Waals surface area contributed by atoms with Gasteiger partial charge in [0, 0.05) is 0 Å². The van der Waals surface area contributed by atoms with Gasteiger partial charge in [0.05, 0.1) is 12.5 Å². The molecule has 0 fully saturated rings. The molecular formula is C11H18O2. The van der Waals surface area contributed by atoms with Gasteiger partial charge in [-0.3, -0.25) is 4.79 Å². The molecule has 0 spiro atoms. The fourth-order valence-corrected chi connectivity index (χ4v) is 1.82. The van der Waals surface area contributed by atoms with Crippen LogP contribution in [0.2, 0.25) is 0 Å². The Balaban J connectivity index is 2.69. The average molecular weight is 182 g/mol. The lowest BCUT2D eigenvalue weighted by atomic mass is 9.84. The molecule has 0 saturated heterocycles. The first-order valence-electron chi connectivity index (χ1n) is 4.99. The fourth-order valence-electron chi connectivity index (χ4n) is 1.82. The lowest BCUT2D eigenvalue weighted by Gasteiger charge is -2.23. The van der Waals surface area contributed by atoms with E-state index < -0.39 is 0 Å². The Morgan fingerprint density at radius 2 is 2.23 bits per heavy atom. The average Bonchev–Trinajstić information content (AvgIpc) is 2.10. The van der Waals surface area contributed by atoms with Crippen LogP contribution in [0.25, 0.3) is 0 Å². The topological polar surface area (TPSA) is 26.3 Å². The molecule has 0 N–H and O–H groups in total. The van der Waals surface area contributed by atoms with E-state index in [4.69, 9.17) is 4.74 Å². The number of hydrogen-bond donors (Lipinski definition) is 0. The molecule has 0 aromatic heterocycles. The van der Waals surface area contributed by atoms with Crippen molar-refractivity contribution in [2.45, 2.75) is 40.0 Å². The van der Waals surface area contributed by atoms with Crippen LogP contribution in [-0.4, -0.2) is 12.6 Å². The van der Waals surface area contributed by atoms with Crippen LogP contribution in [-0.2, 0) is 9.53 Å². The maximum atomic E-state index is 11.5. The minimum atomic E-state index is -0.0425. The van der Waals surface area contributed by atoms with Gasteiger partial charge in [0.15, 0.2) is 0 Å². The van der Waals surface area contributed by atoms with Crippen LogP contribution in [0.4, 0.5) is 0 Å². The molecule has 2 heteroatoms. The first-order valence-corrected chi connectivity index (χ1v) is 4.99. The van der Waals surface area contributed by atoms with Crippen molar-refractivity contribution in [2.75, 3.05) is 6.61 Å². The standard InChI is InChI=1S/C11H18O2/c1-4-13-11(12)10-7-5-6-8(2)9(10)3/h10H,4-7H2,1-3H3. The number of carbonyl (C=O) groups excluding carboxylic acids is 1. The van der Waals surface area contributed by atoms with Crippen molar-refractivity contribution < 1.29 is 9.53 Å². The van der Waals surface area contributed by atoms with Crippen molar-refractivity contribution >= 4 is 5.97 Å². The molecule has 1 aliphatic rings. The number of esters is 1. The molecule has 0 saturated carbocycles. The van der Waals surface area contributed by atoms with E-state index >= 15 is 0 Å². The monoisotopic (exact) mass is 182 g/mol. The van der Waals surface area contributed by atoms with Crippen molar-refractivity contribution in [2.24, 2.45) is 5.92 Å². The van der Waals surface area contributed by atoms with Crippen LogP contribution in [0, 0.1) is 5.92 Å². The smallest absolute Gasteiger partial charge is 0.313 e. The summed E-state index contributed by atoms with van der Waals surface area (Å²) < 4.78 is 5.03. The van der Waals surface area contributed by atoms with Gasteiger partial charge in [0.1, 0.15) is 0 Å². The lowest BCUT2D eigenvalue weighted by Crippen LogP contribution is -2.22. The SMILES string of the molecule is CCOC(=O)C1CCCC(C)=C1C. The molecule has 1 aliphatic carbocycles. The van der Waals surface area contributed by atoms with E-state index in [9.17, 15) is 4.79 Å². The lowest BCUT2D eigenvalue weighted by molar-refractivity contribution is -0.147. The molecule has 2 nitrogen and oxygen atoms in total. The van der Waals surface area contributed by atoms with E-state index in [1.807, 2.05) is 6.92 Å². The molecule has 0 heterocycles. The molecule has 1 rings (SSSR count). The highest BCUT2D eigenvalue weighted by atomic mass is 16.5. The molecule has 0 aliphatic heterocycles. The van der Waals surface area contributed by atoms with Crippen LogP contribution >= 0.6 is 0 Å². The third kappa shape index (κ3) is 2.33. The summed E-state index contributed by atoms with van der Waals surface area (Å²) in [5, 5.41) is 0. The summed E-state index contributed by atoms with van der Waals surface area (Å²) in [5.74, 6) is -0.00671. The minimum Gasteiger partial charge on any atom is -0.466 e. The highest BCUT2D eigenvalue weighted by Gasteiger charge is 2.25. The molecule has 0 aromatic rings. The van der Waals surface area contributed by atoms with Crippen molar-refractivity contribution in [3.8, 4) is 0 Å². The Labute approximate surface area is 80.0 Å². The Kier molecular flexibility index (Phi) is 3.52. The van der Waals surface area contributed by atoms with Gasteiger partial charge in [-0.25, -0.2) is 0 Å². The Hall–Kier alpha value is -0.790. The second-order valence-electron chi connectivity index (χ2n) is 3.66. The van der Waals surface area contributed by atoms with Crippen molar-refractivity contribution in [3.05, 3.63) is 11.1 Å². The zero-order chi connectivity index (χ0) is 9.84. The fraction of sp³-hybridized carbons (Fsp3) is 0.727. The number of hydrogen-bond acceptors (Lipinski definition) is 2. The van der Waals surface area contributed by atoms with E-state index in [0.717, 1.165) is 19.3 Å². The second kappa shape index (κ2) is 4.45. The summed E-state index contributed by atoms with van der Waals surface area (Å²) in [4.78, 5) is 11.5. The summed E-state index contributed by atoms with van der Waals surface area (Å²) in [5.41, 5.74) is 2.59. The van der Waals surface area contributed by atoms with Gasteiger partial charge >= 0.3 is 5.97 Å². The van der Waals surface area contributed by atoms with Crippen LogP contribution in [0.1, 0.15) is 40.0 Å². The third-order valence-corrected chi connectivity index (χ3v) is 2.81.